The minimum absolute atomic E-state index is 0.445. The molecule has 0 radical (unpaired) electrons. The van der Waals surface area contributed by atoms with Gasteiger partial charge in [0.1, 0.15) is 0 Å². The molecular formula is C13H27N3O. The summed E-state index contributed by atoms with van der Waals surface area (Å²) in [6, 6.07) is 0. The summed E-state index contributed by atoms with van der Waals surface area (Å²) in [4.78, 5) is 4.23. The molecule has 0 saturated heterocycles. The van der Waals surface area contributed by atoms with Crippen LogP contribution in [-0.2, 0) is 0 Å². The third-order valence-electron chi connectivity index (χ3n) is 3.41. The number of hydrogen-bond acceptors (Lipinski definition) is 2. The zero-order valence-corrected chi connectivity index (χ0v) is 11.0. The number of rotatable bonds is 7. The van der Waals surface area contributed by atoms with Gasteiger partial charge in [-0.05, 0) is 19.3 Å². The Hall–Kier alpha value is -0.770. The lowest BCUT2D eigenvalue weighted by Gasteiger charge is -2.19. The van der Waals surface area contributed by atoms with Gasteiger partial charge in [0.25, 0.3) is 0 Å². The van der Waals surface area contributed by atoms with Gasteiger partial charge in [-0.1, -0.05) is 39.0 Å². The van der Waals surface area contributed by atoms with Crippen LogP contribution in [0.4, 0.5) is 0 Å². The Morgan fingerprint density at radius 2 is 2.00 bits per heavy atom. The summed E-state index contributed by atoms with van der Waals surface area (Å²) >= 11 is 0. The van der Waals surface area contributed by atoms with Gasteiger partial charge in [-0.3, -0.25) is 4.99 Å². The monoisotopic (exact) mass is 241 g/mol. The molecule has 1 aliphatic rings. The highest BCUT2D eigenvalue weighted by Gasteiger charge is 2.30. The third-order valence-corrected chi connectivity index (χ3v) is 3.41. The fourth-order valence-electron chi connectivity index (χ4n) is 2.25. The maximum absolute atomic E-state index is 10.1. The molecule has 0 aromatic rings. The summed E-state index contributed by atoms with van der Waals surface area (Å²) in [5.41, 5.74) is 5.16. The van der Waals surface area contributed by atoms with Gasteiger partial charge in [0.05, 0.1) is 12.1 Å². The van der Waals surface area contributed by atoms with E-state index < -0.39 is 5.60 Å². The average Bonchev–Trinajstić information content (AvgIpc) is 2.74. The molecule has 0 amide bonds. The molecule has 0 unspecified atom stereocenters. The van der Waals surface area contributed by atoms with Crippen molar-refractivity contribution in [3.8, 4) is 0 Å². The molecule has 100 valence electrons. The Labute approximate surface area is 105 Å². The van der Waals surface area contributed by atoms with Crippen molar-refractivity contribution < 1.29 is 5.11 Å². The molecule has 1 aliphatic carbocycles. The molecule has 0 aromatic carbocycles. The molecule has 4 nitrogen and oxygen atoms in total. The van der Waals surface area contributed by atoms with E-state index in [0.29, 0.717) is 12.5 Å². The van der Waals surface area contributed by atoms with E-state index in [-0.39, 0.29) is 0 Å². The first-order chi connectivity index (χ1) is 8.16. The Morgan fingerprint density at radius 3 is 2.65 bits per heavy atom. The van der Waals surface area contributed by atoms with Gasteiger partial charge in [0.2, 0.25) is 0 Å². The number of aliphatic imine (C=N–C) groups is 1. The third kappa shape index (κ3) is 5.91. The van der Waals surface area contributed by atoms with Crippen LogP contribution in [0.15, 0.2) is 4.99 Å². The Morgan fingerprint density at radius 1 is 1.29 bits per heavy atom. The van der Waals surface area contributed by atoms with Gasteiger partial charge in [-0.25, -0.2) is 0 Å². The largest absolute Gasteiger partial charge is 0.388 e. The van der Waals surface area contributed by atoms with Gasteiger partial charge in [-0.2, -0.15) is 0 Å². The van der Waals surface area contributed by atoms with Crippen molar-refractivity contribution in [3.63, 3.8) is 0 Å². The van der Waals surface area contributed by atoms with Crippen molar-refractivity contribution in [1.29, 1.82) is 0 Å². The van der Waals surface area contributed by atoms with Crippen LogP contribution < -0.4 is 11.1 Å². The summed E-state index contributed by atoms with van der Waals surface area (Å²) in [6.45, 7) is 3.53. The highest BCUT2D eigenvalue weighted by atomic mass is 16.3. The van der Waals surface area contributed by atoms with Crippen molar-refractivity contribution in [2.24, 2.45) is 10.7 Å². The predicted molar refractivity (Wildman–Crippen MR) is 72.1 cm³/mol. The van der Waals surface area contributed by atoms with E-state index in [0.717, 1.165) is 38.6 Å². The van der Waals surface area contributed by atoms with Crippen LogP contribution >= 0.6 is 0 Å². The highest BCUT2D eigenvalue weighted by molar-refractivity contribution is 5.77. The normalized spacial score (nSPS) is 19.5. The zero-order chi connectivity index (χ0) is 12.6. The predicted octanol–water partition coefficient (Wildman–Crippen LogP) is 1.78. The molecule has 1 fully saturated rings. The summed E-state index contributed by atoms with van der Waals surface area (Å²) < 4.78 is 0. The van der Waals surface area contributed by atoms with Crippen LogP contribution in [0.2, 0.25) is 0 Å². The SMILES string of the molecule is CCCCCCNC(N)=NCC1(O)CCCC1. The van der Waals surface area contributed by atoms with E-state index >= 15 is 0 Å². The molecule has 1 saturated carbocycles. The molecule has 4 heteroatoms. The Kier molecular flexibility index (Phi) is 6.34. The lowest BCUT2D eigenvalue weighted by molar-refractivity contribution is 0.0575. The second-order valence-electron chi connectivity index (χ2n) is 5.12. The first kappa shape index (κ1) is 14.3. The maximum Gasteiger partial charge on any atom is 0.188 e. The molecule has 0 atom stereocenters. The van der Waals surface area contributed by atoms with Gasteiger partial charge >= 0.3 is 0 Å². The molecule has 0 heterocycles. The van der Waals surface area contributed by atoms with E-state index in [4.69, 9.17) is 5.73 Å². The number of unbranched alkanes of at least 4 members (excludes halogenated alkanes) is 3. The highest BCUT2D eigenvalue weighted by Crippen LogP contribution is 2.29. The van der Waals surface area contributed by atoms with Crippen LogP contribution in [0.25, 0.3) is 0 Å². The van der Waals surface area contributed by atoms with Crippen LogP contribution in [0, 0.1) is 0 Å². The van der Waals surface area contributed by atoms with Crippen molar-refractivity contribution in [3.05, 3.63) is 0 Å². The summed E-state index contributed by atoms with van der Waals surface area (Å²) in [5.74, 6) is 0.474. The van der Waals surface area contributed by atoms with Gasteiger partial charge in [0.15, 0.2) is 5.96 Å². The number of aliphatic hydroxyl groups is 1. The molecule has 4 N–H and O–H groups in total. The number of hydrogen-bond donors (Lipinski definition) is 3. The minimum atomic E-state index is -0.589. The van der Waals surface area contributed by atoms with Gasteiger partial charge in [-0.15, -0.1) is 0 Å². The van der Waals surface area contributed by atoms with Gasteiger partial charge in [0, 0.05) is 6.54 Å². The van der Waals surface area contributed by atoms with E-state index in [1.165, 1.54) is 19.3 Å². The maximum atomic E-state index is 10.1. The van der Waals surface area contributed by atoms with E-state index in [9.17, 15) is 5.11 Å². The van der Waals surface area contributed by atoms with Crippen molar-refractivity contribution in [2.45, 2.75) is 63.9 Å². The number of nitrogens with two attached hydrogens (primary N) is 1. The molecule has 0 aliphatic heterocycles. The first-order valence-corrected chi connectivity index (χ1v) is 6.92. The Balaban J connectivity index is 2.11. The molecule has 0 spiro atoms. The molecule has 0 aromatic heterocycles. The van der Waals surface area contributed by atoms with Crippen LogP contribution in [-0.4, -0.2) is 29.8 Å². The number of guanidine groups is 1. The van der Waals surface area contributed by atoms with E-state index in [1.807, 2.05) is 0 Å². The lowest BCUT2D eigenvalue weighted by Crippen LogP contribution is -2.35. The molecular weight excluding hydrogens is 214 g/mol. The summed E-state index contributed by atoms with van der Waals surface area (Å²) in [7, 11) is 0. The number of nitrogens with one attached hydrogen (secondary N) is 1. The average molecular weight is 241 g/mol. The standard InChI is InChI=1S/C13H27N3O/c1-2-3-4-7-10-15-12(14)16-11-13(17)8-5-6-9-13/h17H,2-11H2,1H3,(H3,14,15,16). The molecule has 17 heavy (non-hydrogen) atoms. The topological polar surface area (TPSA) is 70.6 Å². The van der Waals surface area contributed by atoms with E-state index in [1.54, 1.807) is 0 Å². The Bertz CT molecular complexity index is 235. The lowest BCUT2D eigenvalue weighted by atomic mass is 10.0. The smallest absolute Gasteiger partial charge is 0.188 e. The van der Waals surface area contributed by atoms with Crippen molar-refractivity contribution in [1.82, 2.24) is 5.32 Å². The molecule has 1 rings (SSSR count). The summed E-state index contributed by atoms with van der Waals surface area (Å²) in [6.07, 6.45) is 8.83. The van der Waals surface area contributed by atoms with Crippen molar-refractivity contribution in [2.75, 3.05) is 13.1 Å². The fraction of sp³-hybridized carbons (Fsp3) is 0.923. The van der Waals surface area contributed by atoms with Crippen LogP contribution in [0.5, 0.6) is 0 Å². The van der Waals surface area contributed by atoms with Crippen molar-refractivity contribution >= 4 is 5.96 Å². The first-order valence-electron chi connectivity index (χ1n) is 6.92. The quantitative estimate of drug-likeness (QED) is 0.361. The van der Waals surface area contributed by atoms with E-state index in [2.05, 4.69) is 17.2 Å². The number of nitrogens with zero attached hydrogens (tertiary/aromatic N) is 1. The van der Waals surface area contributed by atoms with Gasteiger partial charge < -0.3 is 16.2 Å². The van der Waals surface area contributed by atoms with Crippen LogP contribution in [0.1, 0.15) is 58.3 Å². The minimum Gasteiger partial charge on any atom is -0.388 e. The van der Waals surface area contributed by atoms with Crippen LogP contribution in [0.3, 0.4) is 0 Å². The second-order valence-corrected chi connectivity index (χ2v) is 5.12. The second kappa shape index (κ2) is 7.54. The fourth-order valence-corrected chi connectivity index (χ4v) is 2.25. The zero-order valence-electron chi connectivity index (χ0n) is 11.0. The summed E-state index contributed by atoms with van der Waals surface area (Å²) in [5, 5.41) is 13.2. The molecule has 0 bridgehead atoms.